The van der Waals surface area contributed by atoms with Gasteiger partial charge in [-0.2, -0.15) is 0 Å². The van der Waals surface area contributed by atoms with E-state index >= 15 is 0 Å². The average Bonchev–Trinajstić information content (AvgIpc) is 2.18. The van der Waals surface area contributed by atoms with Crippen LogP contribution in [0.15, 0.2) is 22.7 Å². The molecular formula is C11H14Br2O. The lowest BCUT2D eigenvalue weighted by Gasteiger charge is -2.08. The second kappa shape index (κ2) is 6.46. The summed E-state index contributed by atoms with van der Waals surface area (Å²) in [5.74, 6) is 0.981. The van der Waals surface area contributed by atoms with E-state index in [-0.39, 0.29) is 0 Å². The molecule has 1 nitrogen and oxygen atoms in total. The van der Waals surface area contributed by atoms with E-state index in [1.807, 2.05) is 12.1 Å². The van der Waals surface area contributed by atoms with E-state index in [2.05, 4.69) is 44.8 Å². The van der Waals surface area contributed by atoms with Crippen molar-refractivity contribution in [1.82, 2.24) is 0 Å². The van der Waals surface area contributed by atoms with Gasteiger partial charge in [0, 0.05) is 9.80 Å². The van der Waals surface area contributed by atoms with Crippen LogP contribution in [0.5, 0.6) is 5.75 Å². The molecule has 0 fully saturated rings. The maximum atomic E-state index is 5.67. The van der Waals surface area contributed by atoms with E-state index in [4.69, 9.17) is 4.74 Å². The molecule has 1 aromatic rings. The molecule has 0 saturated carbocycles. The van der Waals surface area contributed by atoms with Gasteiger partial charge in [0.15, 0.2) is 0 Å². The standard InChI is InChI=1S/C11H14Br2O/c1-9-4-5-10(13)8-11(9)14-7-3-2-6-12/h4-5,8H,2-3,6-7H2,1H3. The lowest BCUT2D eigenvalue weighted by Crippen LogP contribution is -1.98. The van der Waals surface area contributed by atoms with Crippen molar-refractivity contribution >= 4 is 31.9 Å². The number of rotatable bonds is 5. The molecule has 0 aliphatic rings. The summed E-state index contributed by atoms with van der Waals surface area (Å²) < 4.78 is 6.74. The van der Waals surface area contributed by atoms with Crippen LogP contribution in [-0.2, 0) is 0 Å². The number of unbranched alkanes of at least 4 members (excludes halogenated alkanes) is 1. The van der Waals surface area contributed by atoms with Crippen LogP contribution in [-0.4, -0.2) is 11.9 Å². The zero-order valence-corrected chi connectivity index (χ0v) is 11.4. The Morgan fingerprint density at radius 2 is 2.07 bits per heavy atom. The highest BCUT2D eigenvalue weighted by atomic mass is 79.9. The maximum Gasteiger partial charge on any atom is 0.123 e. The lowest BCUT2D eigenvalue weighted by molar-refractivity contribution is 0.308. The second-order valence-electron chi connectivity index (χ2n) is 3.15. The van der Waals surface area contributed by atoms with Crippen LogP contribution >= 0.6 is 31.9 Å². The predicted octanol–water partition coefficient (Wildman–Crippen LogP) is 4.31. The largest absolute Gasteiger partial charge is 0.493 e. The highest BCUT2D eigenvalue weighted by Gasteiger charge is 1.99. The molecule has 0 N–H and O–H groups in total. The fourth-order valence-electron chi connectivity index (χ4n) is 1.11. The van der Waals surface area contributed by atoms with Crippen molar-refractivity contribution in [3.63, 3.8) is 0 Å². The van der Waals surface area contributed by atoms with Gasteiger partial charge in [0.2, 0.25) is 0 Å². The van der Waals surface area contributed by atoms with Gasteiger partial charge in [-0.15, -0.1) is 0 Å². The first-order valence-corrected chi connectivity index (χ1v) is 6.60. The van der Waals surface area contributed by atoms with Gasteiger partial charge in [-0.05, 0) is 37.5 Å². The maximum absolute atomic E-state index is 5.67. The quantitative estimate of drug-likeness (QED) is 0.580. The third-order valence-corrected chi connectivity index (χ3v) is 2.99. The summed E-state index contributed by atoms with van der Waals surface area (Å²) in [6.45, 7) is 2.86. The minimum absolute atomic E-state index is 0.795. The van der Waals surface area contributed by atoms with Gasteiger partial charge in [0.05, 0.1) is 6.61 Å². The monoisotopic (exact) mass is 320 g/mol. The molecule has 0 saturated heterocycles. The fraction of sp³-hybridized carbons (Fsp3) is 0.455. The van der Waals surface area contributed by atoms with E-state index in [1.165, 1.54) is 5.56 Å². The summed E-state index contributed by atoms with van der Waals surface area (Å²) in [7, 11) is 0. The Bertz CT molecular complexity index is 287. The number of benzene rings is 1. The summed E-state index contributed by atoms with van der Waals surface area (Å²) in [5.41, 5.74) is 1.19. The van der Waals surface area contributed by atoms with Crippen LogP contribution in [0.25, 0.3) is 0 Å². The highest BCUT2D eigenvalue weighted by molar-refractivity contribution is 9.10. The van der Waals surface area contributed by atoms with Gasteiger partial charge in [-0.3, -0.25) is 0 Å². The number of aryl methyl sites for hydroxylation is 1. The fourth-order valence-corrected chi connectivity index (χ4v) is 1.84. The Kier molecular flexibility index (Phi) is 5.56. The number of hydrogen-bond acceptors (Lipinski definition) is 1. The molecule has 0 atom stereocenters. The van der Waals surface area contributed by atoms with Crippen LogP contribution in [0.1, 0.15) is 18.4 Å². The van der Waals surface area contributed by atoms with Crippen molar-refractivity contribution < 1.29 is 4.74 Å². The van der Waals surface area contributed by atoms with Crippen molar-refractivity contribution in [3.05, 3.63) is 28.2 Å². The molecule has 0 bridgehead atoms. The number of ether oxygens (including phenoxy) is 1. The van der Waals surface area contributed by atoms with Crippen LogP contribution in [0.4, 0.5) is 0 Å². The molecule has 0 aliphatic heterocycles. The molecule has 0 spiro atoms. The van der Waals surface area contributed by atoms with Gasteiger partial charge in [0.25, 0.3) is 0 Å². The Labute approximate surface area is 102 Å². The van der Waals surface area contributed by atoms with Crippen molar-refractivity contribution in [2.24, 2.45) is 0 Å². The third kappa shape index (κ3) is 4.01. The molecule has 1 rings (SSSR count). The SMILES string of the molecule is Cc1ccc(Br)cc1OCCCCBr. The van der Waals surface area contributed by atoms with Crippen LogP contribution in [0, 0.1) is 6.92 Å². The van der Waals surface area contributed by atoms with E-state index in [1.54, 1.807) is 0 Å². The molecule has 1 aromatic carbocycles. The van der Waals surface area contributed by atoms with E-state index < -0.39 is 0 Å². The lowest BCUT2D eigenvalue weighted by atomic mass is 10.2. The normalized spacial score (nSPS) is 10.2. The molecule has 0 aromatic heterocycles. The van der Waals surface area contributed by atoms with Gasteiger partial charge >= 0.3 is 0 Å². The summed E-state index contributed by atoms with van der Waals surface area (Å²) in [6, 6.07) is 6.11. The Morgan fingerprint density at radius 1 is 1.29 bits per heavy atom. The smallest absolute Gasteiger partial charge is 0.123 e. The molecule has 78 valence electrons. The van der Waals surface area contributed by atoms with E-state index in [0.717, 1.165) is 35.0 Å². The first-order chi connectivity index (χ1) is 6.74. The van der Waals surface area contributed by atoms with Crippen LogP contribution < -0.4 is 4.74 Å². The highest BCUT2D eigenvalue weighted by Crippen LogP contribution is 2.22. The van der Waals surface area contributed by atoms with Crippen LogP contribution in [0.2, 0.25) is 0 Å². The molecule has 0 heterocycles. The van der Waals surface area contributed by atoms with Crippen molar-refractivity contribution in [3.8, 4) is 5.75 Å². The summed E-state index contributed by atoms with van der Waals surface area (Å²) in [4.78, 5) is 0. The molecular weight excluding hydrogens is 308 g/mol. The summed E-state index contributed by atoms with van der Waals surface area (Å²) in [5, 5.41) is 1.05. The van der Waals surface area contributed by atoms with E-state index in [9.17, 15) is 0 Å². The Balaban J connectivity index is 2.45. The first kappa shape index (κ1) is 12.1. The molecule has 0 amide bonds. The van der Waals surface area contributed by atoms with Gasteiger partial charge in [0.1, 0.15) is 5.75 Å². The average molecular weight is 322 g/mol. The number of alkyl halides is 1. The molecule has 0 radical (unpaired) electrons. The van der Waals surface area contributed by atoms with Gasteiger partial charge < -0.3 is 4.74 Å². The Hall–Kier alpha value is -0.0200. The van der Waals surface area contributed by atoms with E-state index in [0.29, 0.717) is 0 Å². The van der Waals surface area contributed by atoms with Crippen molar-refractivity contribution in [1.29, 1.82) is 0 Å². The van der Waals surface area contributed by atoms with Crippen LogP contribution in [0.3, 0.4) is 0 Å². The van der Waals surface area contributed by atoms with Crippen molar-refractivity contribution in [2.75, 3.05) is 11.9 Å². The minimum atomic E-state index is 0.795. The predicted molar refractivity (Wildman–Crippen MR) is 67.4 cm³/mol. The molecule has 0 aliphatic carbocycles. The topological polar surface area (TPSA) is 9.23 Å². The first-order valence-electron chi connectivity index (χ1n) is 4.69. The minimum Gasteiger partial charge on any atom is -0.493 e. The van der Waals surface area contributed by atoms with Crippen molar-refractivity contribution in [2.45, 2.75) is 19.8 Å². The number of hydrogen-bond donors (Lipinski definition) is 0. The summed E-state index contributed by atoms with van der Waals surface area (Å²) >= 11 is 6.83. The molecule has 3 heteroatoms. The van der Waals surface area contributed by atoms with Gasteiger partial charge in [-0.1, -0.05) is 37.9 Å². The zero-order chi connectivity index (χ0) is 10.4. The molecule has 0 unspecified atom stereocenters. The Morgan fingerprint density at radius 3 is 2.79 bits per heavy atom. The van der Waals surface area contributed by atoms with Gasteiger partial charge in [-0.25, -0.2) is 0 Å². The summed E-state index contributed by atoms with van der Waals surface area (Å²) in [6.07, 6.45) is 2.25. The molecule has 14 heavy (non-hydrogen) atoms. The zero-order valence-electron chi connectivity index (χ0n) is 8.22. The number of halogens is 2. The third-order valence-electron chi connectivity index (χ3n) is 1.94. The second-order valence-corrected chi connectivity index (χ2v) is 4.86.